The van der Waals surface area contributed by atoms with Crippen molar-refractivity contribution in [2.24, 2.45) is 7.05 Å². The largest absolute Gasteiger partial charge is 0.392 e. The minimum atomic E-state index is -0.136. The zero-order valence-corrected chi connectivity index (χ0v) is 10.6. The Morgan fingerprint density at radius 3 is 2.74 bits per heavy atom. The van der Waals surface area contributed by atoms with Crippen LogP contribution in [0.25, 0.3) is 6.08 Å². The number of rotatable bonds is 3. The molecule has 1 saturated heterocycles. The van der Waals surface area contributed by atoms with Crippen molar-refractivity contribution in [3.63, 3.8) is 0 Å². The van der Waals surface area contributed by atoms with Crippen LogP contribution >= 0.6 is 0 Å². The van der Waals surface area contributed by atoms with E-state index < -0.39 is 0 Å². The van der Waals surface area contributed by atoms with Crippen molar-refractivity contribution in [3.05, 3.63) is 40.9 Å². The average molecular weight is 258 g/mol. The van der Waals surface area contributed by atoms with E-state index in [4.69, 9.17) is 5.11 Å². The Morgan fingerprint density at radius 2 is 2.11 bits per heavy atom. The first kappa shape index (κ1) is 11.9. The molecule has 98 valence electrons. The molecular formula is C14H14N2O3. The maximum atomic E-state index is 12.3. The second kappa shape index (κ2) is 4.20. The normalized spacial score (nSPS) is 18.0. The predicted molar refractivity (Wildman–Crippen MR) is 69.8 cm³/mol. The highest BCUT2D eigenvalue weighted by atomic mass is 16.2. The molecule has 0 atom stereocenters. The highest BCUT2D eigenvalue weighted by Crippen LogP contribution is 2.29. The van der Waals surface area contributed by atoms with E-state index in [0.717, 1.165) is 18.8 Å². The van der Waals surface area contributed by atoms with Gasteiger partial charge in [-0.05, 0) is 12.1 Å². The maximum absolute atomic E-state index is 12.3. The summed E-state index contributed by atoms with van der Waals surface area (Å²) < 4.78 is 1.69. The smallest absolute Gasteiger partial charge is 0.211 e. The van der Waals surface area contributed by atoms with Crippen LogP contribution in [0.3, 0.4) is 0 Å². The molecule has 0 spiro atoms. The molecule has 5 heteroatoms. The van der Waals surface area contributed by atoms with E-state index in [0.29, 0.717) is 17.0 Å². The van der Waals surface area contributed by atoms with Gasteiger partial charge in [-0.15, -0.1) is 0 Å². The number of hydrogen-bond donors (Lipinski definition) is 1. The van der Waals surface area contributed by atoms with E-state index >= 15 is 0 Å². The highest BCUT2D eigenvalue weighted by molar-refractivity contribution is 6.24. The molecule has 1 fully saturated rings. The third kappa shape index (κ3) is 1.82. The summed E-state index contributed by atoms with van der Waals surface area (Å²) in [5, 5.41) is 8.80. The quantitative estimate of drug-likeness (QED) is 0.807. The van der Waals surface area contributed by atoms with Gasteiger partial charge in [-0.1, -0.05) is 6.08 Å². The molecule has 1 aliphatic carbocycles. The number of Topliss-reactive ketones (excluding diaryl/α,β-unsaturated/α-hetero) is 1. The fraction of sp³-hybridized carbons (Fsp3) is 0.286. The predicted octanol–water partition coefficient (Wildman–Crippen LogP) is 0.609. The Kier molecular flexibility index (Phi) is 2.64. The van der Waals surface area contributed by atoms with Gasteiger partial charge in [0.1, 0.15) is 5.69 Å². The zero-order chi connectivity index (χ0) is 13.6. The SMILES string of the molecule is Cn1c(/C=C/CO)cc2c1C(=O)C=C(N1CC1)C2=O. The summed E-state index contributed by atoms with van der Waals surface area (Å²) in [6.07, 6.45) is 4.71. The molecule has 2 heterocycles. The molecule has 0 amide bonds. The standard InChI is InChI=1S/C14H14N2O3/c1-15-9(3-2-6-17)7-10-13(15)12(18)8-11(14(10)19)16-4-5-16/h2-3,7-8,17H,4-6H2,1H3/b3-2+. The molecule has 3 rings (SSSR count). The maximum Gasteiger partial charge on any atom is 0.211 e. The molecule has 19 heavy (non-hydrogen) atoms. The van der Waals surface area contributed by atoms with E-state index in [1.807, 2.05) is 4.90 Å². The molecule has 0 bridgehead atoms. The molecule has 5 nitrogen and oxygen atoms in total. The van der Waals surface area contributed by atoms with Gasteiger partial charge in [-0.3, -0.25) is 9.59 Å². The Labute approximate surface area is 110 Å². The van der Waals surface area contributed by atoms with Crippen LogP contribution in [0.4, 0.5) is 0 Å². The Balaban J connectivity index is 2.07. The van der Waals surface area contributed by atoms with Gasteiger partial charge in [0.05, 0.1) is 17.9 Å². The summed E-state index contributed by atoms with van der Waals surface area (Å²) in [6.45, 7) is 1.60. The van der Waals surface area contributed by atoms with Crippen molar-refractivity contribution in [3.8, 4) is 0 Å². The van der Waals surface area contributed by atoms with E-state index in [1.54, 1.807) is 29.8 Å². The van der Waals surface area contributed by atoms with Crippen molar-refractivity contribution in [2.75, 3.05) is 19.7 Å². The number of carbonyl (C=O) groups is 2. The van der Waals surface area contributed by atoms with Crippen molar-refractivity contribution >= 4 is 17.6 Å². The average Bonchev–Trinajstić information content (AvgIpc) is 3.16. The Bertz CT molecular complexity index is 633. The molecule has 0 saturated carbocycles. The highest BCUT2D eigenvalue weighted by Gasteiger charge is 2.35. The van der Waals surface area contributed by atoms with Crippen molar-refractivity contribution in [1.82, 2.24) is 9.47 Å². The lowest BCUT2D eigenvalue weighted by Crippen LogP contribution is -2.21. The van der Waals surface area contributed by atoms with Crippen LogP contribution in [-0.2, 0) is 7.05 Å². The summed E-state index contributed by atoms with van der Waals surface area (Å²) in [5.41, 5.74) is 2.12. The van der Waals surface area contributed by atoms with Crippen LogP contribution < -0.4 is 0 Å². The van der Waals surface area contributed by atoms with Crippen LogP contribution in [0.1, 0.15) is 26.5 Å². The summed E-state index contributed by atoms with van der Waals surface area (Å²) in [4.78, 5) is 26.4. The van der Waals surface area contributed by atoms with E-state index in [9.17, 15) is 9.59 Å². The summed E-state index contributed by atoms with van der Waals surface area (Å²) in [6, 6.07) is 1.71. The van der Waals surface area contributed by atoms with Gasteiger partial charge >= 0.3 is 0 Å². The zero-order valence-electron chi connectivity index (χ0n) is 10.6. The van der Waals surface area contributed by atoms with Gasteiger partial charge in [0.25, 0.3) is 0 Å². The van der Waals surface area contributed by atoms with Gasteiger partial charge < -0.3 is 14.6 Å². The second-order valence-corrected chi connectivity index (χ2v) is 4.69. The molecular weight excluding hydrogens is 244 g/mol. The minimum absolute atomic E-state index is 0.0744. The summed E-state index contributed by atoms with van der Waals surface area (Å²) in [7, 11) is 1.75. The topological polar surface area (TPSA) is 62.3 Å². The fourth-order valence-corrected chi connectivity index (χ4v) is 2.35. The monoisotopic (exact) mass is 258 g/mol. The van der Waals surface area contributed by atoms with E-state index in [2.05, 4.69) is 0 Å². The number of hydrogen-bond acceptors (Lipinski definition) is 4. The third-order valence-electron chi connectivity index (χ3n) is 3.43. The molecule has 2 aliphatic rings. The van der Waals surface area contributed by atoms with Gasteiger partial charge in [-0.25, -0.2) is 0 Å². The van der Waals surface area contributed by atoms with Crippen molar-refractivity contribution in [1.29, 1.82) is 0 Å². The van der Waals surface area contributed by atoms with Crippen LogP contribution in [0.15, 0.2) is 23.9 Å². The molecule has 1 N–H and O–H groups in total. The number of carbonyl (C=O) groups excluding carboxylic acids is 2. The number of fused-ring (bicyclic) bond motifs is 1. The Morgan fingerprint density at radius 1 is 1.37 bits per heavy atom. The number of aromatic nitrogens is 1. The lowest BCUT2D eigenvalue weighted by atomic mass is 9.99. The molecule has 1 aliphatic heterocycles. The number of aliphatic hydroxyl groups is 1. The Hall–Kier alpha value is -2.14. The van der Waals surface area contributed by atoms with Crippen LogP contribution in [-0.4, -0.2) is 45.8 Å². The van der Waals surface area contributed by atoms with E-state index in [1.165, 1.54) is 6.08 Å². The van der Waals surface area contributed by atoms with Gasteiger partial charge in [-0.2, -0.15) is 0 Å². The lowest BCUT2D eigenvalue weighted by Gasteiger charge is -2.14. The molecule has 1 aromatic rings. The number of allylic oxidation sites excluding steroid dienone is 2. The second-order valence-electron chi connectivity index (χ2n) is 4.69. The third-order valence-corrected chi connectivity index (χ3v) is 3.43. The van der Waals surface area contributed by atoms with Crippen molar-refractivity contribution < 1.29 is 14.7 Å². The first-order chi connectivity index (χ1) is 9.13. The van der Waals surface area contributed by atoms with Crippen LogP contribution in [0, 0.1) is 0 Å². The lowest BCUT2D eigenvalue weighted by molar-refractivity contribution is 0.0966. The number of nitrogens with zero attached hydrogens (tertiary/aromatic N) is 2. The van der Waals surface area contributed by atoms with Crippen molar-refractivity contribution in [2.45, 2.75) is 0 Å². The molecule has 1 aromatic heterocycles. The van der Waals surface area contributed by atoms with Gasteiger partial charge in [0.2, 0.25) is 11.6 Å². The summed E-state index contributed by atoms with van der Waals surface area (Å²) >= 11 is 0. The molecule has 0 unspecified atom stereocenters. The first-order valence-electron chi connectivity index (χ1n) is 6.16. The molecule has 0 radical (unpaired) electrons. The van der Waals surface area contributed by atoms with Crippen LogP contribution in [0.2, 0.25) is 0 Å². The fourth-order valence-electron chi connectivity index (χ4n) is 2.35. The van der Waals surface area contributed by atoms with E-state index in [-0.39, 0.29) is 18.2 Å². The minimum Gasteiger partial charge on any atom is -0.392 e. The number of ketones is 2. The summed E-state index contributed by atoms with van der Waals surface area (Å²) in [5.74, 6) is -0.228. The van der Waals surface area contributed by atoms with Gasteiger partial charge in [0, 0.05) is 31.9 Å². The number of aliphatic hydroxyl groups excluding tert-OH is 1. The molecule has 0 aromatic carbocycles. The first-order valence-corrected chi connectivity index (χ1v) is 6.16. The van der Waals surface area contributed by atoms with Gasteiger partial charge in [0.15, 0.2) is 0 Å². The van der Waals surface area contributed by atoms with Crippen LogP contribution in [0.5, 0.6) is 0 Å².